The van der Waals surface area contributed by atoms with Crippen LogP contribution in [0, 0.1) is 5.92 Å². The Bertz CT molecular complexity index is 473. The minimum atomic E-state index is -0.184. The predicted molar refractivity (Wildman–Crippen MR) is 83.9 cm³/mol. The molecule has 1 aliphatic rings. The lowest BCUT2D eigenvalue weighted by Gasteiger charge is -2.38. The number of nitrogens with one attached hydrogen (secondary N) is 1. The molecular weight excluding hydrogens is 266 g/mol. The average molecular weight is 293 g/mol. The van der Waals surface area contributed by atoms with Crippen LogP contribution in [0.1, 0.15) is 45.7 Å². The summed E-state index contributed by atoms with van der Waals surface area (Å²) >= 11 is 0. The molecule has 0 fully saturated rings. The summed E-state index contributed by atoms with van der Waals surface area (Å²) in [5.74, 6) is 1.82. The highest BCUT2D eigenvalue weighted by molar-refractivity contribution is 5.44. The molecule has 1 aliphatic heterocycles. The molecule has 4 nitrogen and oxygen atoms in total. The van der Waals surface area contributed by atoms with Gasteiger partial charge in [0.25, 0.3) is 0 Å². The number of fused-ring (bicyclic) bond motifs is 1. The molecule has 4 heteroatoms. The molecule has 1 aromatic rings. The van der Waals surface area contributed by atoms with Gasteiger partial charge in [-0.2, -0.15) is 0 Å². The number of aliphatic hydroxyl groups excluding tert-OH is 1. The monoisotopic (exact) mass is 293 g/mol. The van der Waals surface area contributed by atoms with Gasteiger partial charge in [-0.25, -0.2) is 0 Å². The summed E-state index contributed by atoms with van der Waals surface area (Å²) in [5, 5.41) is 12.6. The first-order valence-electron chi connectivity index (χ1n) is 7.75. The number of hydrogen-bond acceptors (Lipinski definition) is 4. The van der Waals surface area contributed by atoms with Crippen LogP contribution in [0.3, 0.4) is 0 Å². The Morgan fingerprint density at radius 1 is 1.48 bits per heavy atom. The highest BCUT2D eigenvalue weighted by Crippen LogP contribution is 2.41. The number of hydrogen-bond donors (Lipinski definition) is 2. The lowest BCUT2D eigenvalue weighted by molar-refractivity contribution is 0.0659. The van der Waals surface area contributed by atoms with E-state index >= 15 is 0 Å². The highest BCUT2D eigenvalue weighted by Gasteiger charge is 2.33. The SMILES string of the molecule is CCNC1CC(C)(C)Oc2cc(OCC(C)CO)ccc21. The molecule has 1 aromatic carbocycles. The maximum Gasteiger partial charge on any atom is 0.128 e. The average Bonchev–Trinajstić information content (AvgIpc) is 2.43. The molecule has 0 amide bonds. The number of benzene rings is 1. The van der Waals surface area contributed by atoms with Gasteiger partial charge in [0.15, 0.2) is 0 Å². The van der Waals surface area contributed by atoms with Crippen LogP contribution in [0.2, 0.25) is 0 Å². The van der Waals surface area contributed by atoms with Crippen molar-refractivity contribution in [3.05, 3.63) is 23.8 Å². The van der Waals surface area contributed by atoms with E-state index in [0.717, 1.165) is 24.5 Å². The number of rotatable bonds is 6. The summed E-state index contributed by atoms with van der Waals surface area (Å²) in [6, 6.07) is 6.34. The predicted octanol–water partition coefficient (Wildman–Crippen LogP) is 2.91. The van der Waals surface area contributed by atoms with Gasteiger partial charge in [-0.15, -0.1) is 0 Å². The Balaban J connectivity index is 2.17. The van der Waals surface area contributed by atoms with Crippen molar-refractivity contribution >= 4 is 0 Å². The summed E-state index contributed by atoms with van der Waals surface area (Å²) in [4.78, 5) is 0. The van der Waals surface area contributed by atoms with E-state index in [1.54, 1.807) is 0 Å². The molecule has 2 N–H and O–H groups in total. The fourth-order valence-electron chi connectivity index (χ4n) is 2.64. The second-order valence-electron chi connectivity index (χ2n) is 6.47. The standard InChI is InChI=1S/C17H27NO3/c1-5-18-15-9-17(3,4)21-16-8-13(6-7-14(15)16)20-11-12(2)10-19/h6-8,12,15,18-19H,5,9-11H2,1-4H3. The second kappa shape index (κ2) is 6.67. The Kier molecular flexibility index (Phi) is 5.12. The molecule has 0 radical (unpaired) electrons. The van der Waals surface area contributed by atoms with Gasteiger partial charge in [0.05, 0.1) is 6.61 Å². The van der Waals surface area contributed by atoms with E-state index < -0.39 is 0 Å². The largest absolute Gasteiger partial charge is 0.493 e. The molecule has 1 heterocycles. The smallest absolute Gasteiger partial charge is 0.128 e. The van der Waals surface area contributed by atoms with E-state index in [1.807, 2.05) is 19.1 Å². The molecule has 0 saturated heterocycles. The third kappa shape index (κ3) is 4.11. The van der Waals surface area contributed by atoms with Gasteiger partial charge in [-0.1, -0.05) is 19.9 Å². The van der Waals surface area contributed by atoms with Crippen LogP contribution in [0.4, 0.5) is 0 Å². The minimum Gasteiger partial charge on any atom is -0.493 e. The highest BCUT2D eigenvalue weighted by atomic mass is 16.5. The van der Waals surface area contributed by atoms with Gasteiger partial charge < -0.3 is 19.9 Å². The molecule has 0 saturated carbocycles. The Hall–Kier alpha value is -1.26. The van der Waals surface area contributed by atoms with Gasteiger partial charge in [-0.3, -0.25) is 0 Å². The Labute approximate surface area is 127 Å². The molecule has 2 unspecified atom stereocenters. The molecule has 0 bridgehead atoms. The van der Waals surface area contributed by atoms with Crippen LogP contribution in [0.25, 0.3) is 0 Å². The van der Waals surface area contributed by atoms with Crippen molar-refractivity contribution in [2.24, 2.45) is 5.92 Å². The molecule has 118 valence electrons. The van der Waals surface area contributed by atoms with Gasteiger partial charge in [0.1, 0.15) is 17.1 Å². The molecule has 0 aliphatic carbocycles. The first kappa shape index (κ1) is 16.1. The summed E-state index contributed by atoms with van der Waals surface area (Å²) in [6.07, 6.45) is 0.954. The summed E-state index contributed by atoms with van der Waals surface area (Å²) in [6.45, 7) is 9.89. The zero-order valence-electron chi connectivity index (χ0n) is 13.5. The van der Waals surface area contributed by atoms with Gasteiger partial charge in [0.2, 0.25) is 0 Å². The third-order valence-corrected chi connectivity index (χ3v) is 3.74. The van der Waals surface area contributed by atoms with Crippen LogP contribution in [0.5, 0.6) is 11.5 Å². The van der Waals surface area contributed by atoms with Crippen molar-refractivity contribution in [1.29, 1.82) is 0 Å². The number of aliphatic hydroxyl groups is 1. The fraction of sp³-hybridized carbons (Fsp3) is 0.647. The lowest BCUT2D eigenvalue weighted by Crippen LogP contribution is -2.39. The molecule has 0 spiro atoms. The van der Waals surface area contributed by atoms with Crippen molar-refractivity contribution in [1.82, 2.24) is 5.32 Å². The normalized spacial score (nSPS) is 21.3. The quantitative estimate of drug-likeness (QED) is 0.847. The van der Waals surface area contributed by atoms with E-state index in [0.29, 0.717) is 12.6 Å². The summed E-state index contributed by atoms with van der Waals surface area (Å²) in [5.41, 5.74) is 1.01. The maximum absolute atomic E-state index is 9.05. The maximum atomic E-state index is 9.05. The van der Waals surface area contributed by atoms with Crippen LogP contribution in [-0.2, 0) is 0 Å². The second-order valence-corrected chi connectivity index (χ2v) is 6.47. The van der Waals surface area contributed by atoms with Crippen molar-refractivity contribution in [3.8, 4) is 11.5 Å². The lowest BCUT2D eigenvalue weighted by atomic mass is 9.89. The zero-order valence-corrected chi connectivity index (χ0v) is 13.5. The van der Waals surface area contributed by atoms with E-state index in [4.69, 9.17) is 14.6 Å². The summed E-state index contributed by atoms with van der Waals surface area (Å²) in [7, 11) is 0. The molecule has 0 aromatic heterocycles. The summed E-state index contributed by atoms with van der Waals surface area (Å²) < 4.78 is 11.8. The van der Waals surface area contributed by atoms with Crippen LogP contribution < -0.4 is 14.8 Å². The van der Waals surface area contributed by atoms with Gasteiger partial charge >= 0.3 is 0 Å². The molecule has 2 rings (SSSR count). The topological polar surface area (TPSA) is 50.7 Å². The first-order chi connectivity index (χ1) is 9.95. The van der Waals surface area contributed by atoms with Crippen LogP contribution >= 0.6 is 0 Å². The molecule has 21 heavy (non-hydrogen) atoms. The van der Waals surface area contributed by atoms with E-state index in [2.05, 4.69) is 32.2 Å². The van der Waals surface area contributed by atoms with Crippen molar-refractivity contribution in [3.63, 3.8) is 0 Å². The zero-order chi connectivity index (χ0) is 15.5. The van der Waals surface area contributed by atoms with Crippen LogP contribution in [-0.4, -0.2) is 30.5 Å². The first-order valence-corrected chi connectivity index (χ1v) is 7.75. The van der Waals surface area contributed by atoms with E-state index in [1.165, 1.54) is 5.56 Å². The van der Waals surface area contributed by atoms with E-state index in [9.17, 15) is 0 Å². The molecule has 2 atom stereocenters. The van der Waals surface area contributed by atoms with E-state index in [-0.39, 0.29) is 18.1 Å². The van der Waals surface area contributed by atoms with Crippen molar-refractivity contribution in [2.75, 3.05) is 19.8 Å². The number of ether oxygens (including phenoxy) is 2. The Morgan fingerprint density at radius 3 is 2.90 bits per heavy atom. The van der Waals surface area contributed by atoms with Gasteiger partial charge in [-0.05, 0) is 26.5 Å². The van der Waals surface area contributed by atoms with Crippen LogP contribution in [0.15, 0.2) is 18.2 Å². The van der Waals surface area contributed by atoms with Crippen molar-refractivity contribution in [2.45, 2.75) is 45.8 Å². The fourth-order valence-corrected chi connectivity index (χ4v) is 2.64. The third-order valence-electron chi connectivity index (χ3n) is 3.74. The molecular formula is C17H27NO3. The van der Waals surface area contributed by atoms with Gasteiger partial charge in [0, 0.05) is 36.6 Å². The Morgan fingerprint density at radius 2 is 2.24 bits per heavy atom. The minimum absolute atomic E-state index is 0.132. The van der Waals surface area contributed by atoms with Crippen molar-refractivity contribution < 1.29 is 14.6 Å².